The van der Waals surface area contributed by atoms with Gasteiger partial charge in [0.2, 0.25) is 5.91 Å². The summed E-state index contributed by atoms with van der Waals surface area (Å²) in [5, 5.41) is 15.4. The second kappa shape index (κ2) is 9.55. The van der Waals surface area contributed by atoms with Crippen LogP contribution >= 0.6 is 0 Å². The van der Waals surface area contributed by atoms with Crippen molar-refractivity contribution in [2.24, 2.45) is 0 Å². The first kappa shape index (κ1) is 23.3. The number of hydrogen-bond donors (Lipinski definition) is 1. The van der Waals surface area contributed by atoms with Crippen LogP contribution in [0.1, 0.15) is 42.9 Å². The summed E-state index contributed by atoms with van der Waals surface area (Å²) in [4.78, 5) is 36.8. The zero-order valence-electron chi connectivity index (χ0n) is 19.4. The van der Waals surface area contributed by atoms with Crippen molar-refractivity contribution in [1.29, 1.82) is 0 Å². The quantitative estimate of drug-likeness (QED) is 0.400. The number of nitrogens with one attached hydrogen (secondary N) is 1. The van der Waals surface area contributed by atoms with Crippen LogP contribution in [0.25, 0.3) is 33.1 Å². The number of rotatable bonds is 8. The number of carbonyl (C=O) groups is 2. The van der Waals surface area contributed by atoms with E-state index in [4.69, 9.17) is 8.83 Å². The van der Waals surface area contributed by atoms with E-state index >= 15 is 0 Å². The molecule has 2 aromatic carbocycles. The van der Waals surface area contributed by atoms with Gasteiger partial charge in [0.25, 0.3) is 0 Å². The lowest BCUT2D eigenvalue weighted by molar-refractivity contribution is -0.308. The van der Waals surface area contributed by atoms with E-state index in [1.807, 2.05) is 50.2 Å². The minimum Gasteiger partial charge on any atom is -0.548 e. The second-order valence-corrected chi connectivity index (χ2v) is 8.52. The molecule has 1 amide bonds. The standard InChI is InChI=1S/C27H27NO6/c1-4-5-11-22(26(30)31)28-23(29)13-19-15(2)18-12-20-21(17-9-7-6-8-10-17)14-33-24(20)16(3)25(18)34-27(19)32/h6-10,12,14,22H,4-5,11,13H2,1-3H3,(H,28,29)(H,30,31)/p-1/t22-/m1/s1. The van der Waals surface area contributed by atoms with Crippen LogP contribution in [0, 0.1) is 13.8 Å². The molecule has 0 bridgehead atoms. The number of carbonyl (C=O) groups excluding carboxylic acids is 2. The van der Waals surface area contributed by atoms with E-state index in [0.29, 0.717) is 34.1 Å². The van der Waals surface area contributed by atoms with E-state index in [0.717, 1.165) is 22.9 Å². The summed E-state index contributed by atoms with van der Waals surface area (Å²) >= 11 is 0. The minimum atomic E-state index is -1.34. The first-order chi connectivity index (χ1) is 16.3. The van der Waals surface area contributed by atoms with E-state index in [9.17, 15) is 19.5 Å². The third kappa shape index (κ3) is 4.33. The highest BCUT2D eigenvalue weighted by Crippen LogP contribution is 2.37. The van der Waals surface area contributed by atoms with Crippen molar-refractivity contribution in [3.8, 4) is 11.1 Å². The number of fused-ring (bicyclic) bond motifs is 2. The Morgan fingerprint density at radius 3 is 2.47 bits per heavy atom. The summed E-state index contributed by atoms with van der Waals surface area (Å²) in [6, 6.07) is 10.6. The van der Waals surface area contributed by atoms with Crippen LogP contribution in [-0.4, -0.2) is 17.9 Å². The van der Waals surface area contributed by atoms with E-state index in [2.05, 4.69) is 5.32 Å². The molecule has 1 N–H and O–H groups in total. The minimum absolute atomic E-state index is 0.195. The smallest absolute Gasteiger partial charge is 0.340 e. The van der Waals surface area contributed by atoms with Crippen LogP contribution < -0.4 is 16.0 Å². The SMILES string of the molecule is CCCC[C@@H](NC(=O)Cc1c(C)c2cc3c(-c4ccccc4)coc3c(C)c2oc1=O)C(=O)[O-]. The molecular formula is C27H26NO6-. The number of aryl methyl sites for hydroxylation is 2. The Bertz CT molecular complexity index is 1430. The van der Waals surface area contributed by atoms with Gasteiger partial charge < -0.3 is 24.1 Å². The Kier molecular flexibility index (Phi) is 6.54. The van der Waals surface area contributed by atoms with Gasteiger partial charge in [-0.25, -0.2) is 4.79 Å². The number of benzene rings is 2. The molecule has 0 aliphatic heterocycles. The van der Waals surface area contributed by atoms with Gasteiger partial charge in [-0.05, 0) is 37.5 Å². The maximum absolute atomic E-state index is 12.8. The molecular weight excluding hydrogens is 434 g/mol. The molecule has 0 saturated carbocycles. The molecule has 2 aromatic heterocycles. The van der Waals surface area contributed by atoms with Gasteiger partial charge in [0.15, 0.2) is 0 Å². The zero-order chi connectivity index (χ0) is 24.4. The highest BCUT2D eigenvalue weighted by molar-refractivity contribution is 6.05. The Morgan fingerprint density at radius 2 is 1.79 bits per heavy atom. The van der Waals surface area contributed by atoms with Crippen molar-refractivity contribution >= 4 is 33.8 Å². The number of hydrogen-bond acceptors (Lipinski definition) is 6. The monoisotopic (exact) mass is 460 g/mol. The molecule has 1 atom stereocenters. The predicted molar refractivity (Wildman–Crippen MR) is 127 cm³/mol. The number of aliphatic carboxylic acids is 1. The summed E-state index contributed by atoms with van der Waals surface area (Å²) in [7, 11) is 0. The van der Waals surface area contributed by atoms with Gasteiger partial charge in [0, 0.05) is 21.9 Å². The van der Waals surface area contributed by atoms with Crippen LogP contribution in [0.4, 0.5) is 0 Å². The van der Waals surface area contributed by atoms with E-state index in [1.165, 1.54) is 0 Å². The maximum Gasteiger partial charge on any atom is 0.340 e. The molecule has 0 radical (unpaired) electrons. The number of unbranched alkanes of at least 4 members (excludes halogenated alkanes) is 1. The van der Waals surface area contributed by atoms with Crippen molar-refractivity contribution < 1.29 is 23.5 Å². The first-order valence-corrected chi connectivity index (χ1v) is 11.3. The van der Waals surface area contributed by atoms with E-state index in [1.54, 1.807) is 13.2 Å². The van der Waals surface area contributed by atoms with Crippen LogP contribution in [0.5, 0.6) is 0 Å². The molecule has 34 heavy (non-hydrogen) atoms. The van der Waals surface area contributed by atoms with Gasteiger partial charge in [-0.1, -0.05) is 50.1 Å². The normalized spacial score (nSPS) is 12.2. The Hall–Kier alpha value is -3.87. The number of amides is 1. The Balaban J connectivity index is 1.75. The molecule has 0 aliphatic carbocycles. The summed E-state index contributed by atoms with van der Waals surface area (Å²) in [5.41, 5.74) is 3.83. The maximum atomic E-state index is 12.8. The lowest BCUT2D eigenvalue weighted by Gasteiger charge is -2.19. The van der Waals surface area contributed by atoms with Crippen LogP contribution in [0.2, 0.25) is 0 Å². The molecule has 0 fully saturated rings. The summed E-state index contributed by atoms with van der Waals surface area (Å²) in [6.45, 7) is 5.53. The third-order valence-corrected chi connectivity index (χ3v) is 6.23. The summed E-state index contributed by atoms with van der Waals surface area (Å²) < 4.78 is 11.4. The molecule has 7 heteroatoms. The van der Waals surface area contributed by atoms with Gasteiger partial charge in [0.1, 0.15) is 11.2 Å². The molecule has 7 nitrogen and oxygen atoms in total. The predicted octanol–water partition coefficient (Wildman–Crippen LogP) is 3.79. The van der Waals surface area contributed by atoms with Gasteiger partial charge in [-0.15, -0.1) is 0 Å². The molecule has 0 saturated heterocycles. The van der Waals surface area contributed by atoms with E-state index in [-0.39, 0.29) is 18.4 Å². The van der Waals surface area contributed by atoms with Gasteiger partial charge >= 0.3 is 5.63 Å². The molecule has 0 spiro atoms. The summed E-state index contributed by atoms with van der Waals surface area (Å²) in [6.07, 6.45) is 3.10. The topological polar surface area (TPSA) is 113 Å². The number of carboxylic acids is 1. The van der Waals surface area contributed by atoms with Gasteiger partial charge in [0.05, 0.1) is 30.3 Å². The fourth-order valence-electron chi connectivity index (χ4n) is 4.30. The molecule has 176 valence electrons. The molecule has 4 aromatic rings. The van der Waals surface area contributed by atoms with Crippen molar-refractivity contribution in [2.45, 2.75) is 52.5 Å². The average Bonchev–Trinajstić information content (AvgIpc) is 3.25. The lowest BCUT2D eigenvalue weighted by Crippen LogP contribution is -2.48. The van der Waals surface area contributed by atoms with Crippen molar-refractivity contribution in [2.75, 3.05) is 0 Å². The van der Waals surface area contributed by atoms with Gasteiger partial charge in [-0.3, -0.25) is 4.79 Å². The van der Waals surface area contributed by atoms with Crippen molar-refractivity contribution in [3.05, 3.63) is 69.8 Å². The molecule has 4 rings (SSSR count). The van der Waals surface area contributed by atoms with Crippen LogP contribution in [-0.2, 0) is 16.0 Å². The second-order valence-electron chi connectivity index (χ2n) is 8.52. The fourth-order valence-corrected chi connectivity index (χ4v) is 4.30. The van der Waals surface area contributed by atoms with Crippen LogP contribution in [0.3, 0.4) is 0 Å². The average molecular weight is 461 g/mol. The van der Waals surface area contributed by atoms with Crippen molar-refractivity contribution in [3.63, 3.8) is 0 Å². The lowest BCUT2D eigenvalue weighted by atomic mass is 9.97. The molecule has 2 heterocycles. The highest BCUT2D eigenvalue weighted by Gasteiger charge is 2.21. The Morgan fingerprint density at radius 1 is 1.06 bits per heavy atom. The highest BCUT2D eigenvalue weighted by atomic mass is 16.4. The van der Waals surface area contributed by atoms with Crippen LogP contribution in [0.15, 0.2) is 56.3 Å². The molecule has 0 unspecified atom stereocenters. The first-order valence-electron chi connectivity index (χ1n) is 11.3. The van der Waals surface area contributed by atoms with E-state index < -0.39 is 23.5 Å². The molecule has 0 aliphatic rings. The fraction of sp³-hybridized carbons (Fsp3) is 0.296. The number of carboxylic acid groups (broad SMARTS) is 1. The van der Waals surface area contributed by atoms with Gasteiger partial charge in [-0.2, -0.15) is 0 Å². The largest absolute Gasteiger partial charge is 0.548 e. The summed E-state index contributed by atoms with van der Waals surface area (Å²) in [5.74, 6) is -1.90. The third-order valence-electron chi connectivity index (χ3n) is 6.23. The zero-order valence-corrected chi connectivity index (χ0v) is 19.4. The van der Waals surface area contributed by atoms with Crippen molar-refractivity contribution in [1.82, 2.24) is 5.32 Å². The number of furan rings is 1. The Labute approximate surface area is 196 Å².